The summed E-state index contributed by atoms with van der Waals surface area (Å²) in [6, 6.07) is 6.35. The molecule has 0 bridgehead atoms. The van der Waals surface area contributed by atoms with E-state index in [-0.39, 0.29) is 10.8 Å². The first-order chi connectivity index (χ1) is 9.43. The van der Waals surface area contributed by atoms with Crippen LogP contribution in [0.25, 0.3) is 0 Å². The number of benzene rings is 1. The SMILES string of the molecule is CNCCCC(=O)NCCc1ccc(S(N)(=O)=O)cc1. The fourth-order valence-corrected chi connectivity index (χ4v) is 2.22. The Balaban J connectivity index is 2.34. The lowest BCUT2D eigenvalue weighted by Crippen LogP contribution is -2.26. The topological polar surface area (TPSA) is 101 Å². The van der Waals surface area contributed by atoms with Crippen LogP contribution in [-0.4, -0.2) is 34.5 Å². The number of hydrogen-bond donors (Lipinski definition) is 3. The third-order valence-electron chi connectivity index (χ3n) is 2.82. The van der Waals surface area contributed by atoms with Crippen LogP contribution in [0.2, 0.25) is 0 Å². The van der Waals surface area contributed by atoms with Crippen molar-refractivity contribution in [3.05, 3.63) is 29.8 Å². The van der Waals surface area contributed by atoms with E-state index in [0.29, 0.717) is 19.4 Å². The quantitative estimate of drug-likeness (QED) is 0.588. The highest BCUT2D eigenvalue weighted by Crippen LogP contribution is 2.08. The highest BCUT2D eigenvalue weighted by molar-refractivity contribution is 7.89. The zero-order chi connectivity index (χ0) is 15.0. The van der Waals surface area contributed by atoms with E-state index in [2.05, 4.69) is 10.6 Å². The molecule has 1 amide bonds. The summed E-state index contributed by atoms with van der Waals surface area (Å²) in [6.07, 6.45) is 1.97. The van der Waals surface area contributed by atoms with E-state index in [1.807, 2.05) is 7.05 Å². The van der Waals surface area contributed by atoms with E-state index < -0.39 is 10.0 Å². The summed E-state index contributed by atoms with van der Waals surface area (Å²) in [5, 5.41) is 10.8. The molecule has 0 aliphatic heterocycles. The molecule has 20 heavy (non-hydrogen) atoms. The number of carbonyl (C=O) groups excluding carboxylic acids is 1. The average molecular weight is 299 g/mol. The summed E-state index contributed by atoms with van der Waals surface area (Å²) in [5.74, 6) is 0.0291. The van der Waals surface area contributed by atoms with Gasteiger partial charge in [0.05, 0.1) is 4.90 Å². The van der Waals surface area contributed by atoms with Gasteiger partial charge in [-0.1, -0.05) is 12.1 Å². The van der Waals surface area contributed by atoms with Crippen molar-refractivity contribution in [3.8, 4) is 0 Å². The summed E-state index contributed by atoms with van der Waals surface area (Å²) in [5.41, 5.74) is 0.952. The molecule has 0 aliphatic rings. The zero-order valence-electron chi connectivity index (χ0n) is 11.6. The van der Waals surface area contributed by atoms with Gasteiger partial charge in [-0.3, -0.25) is 4.79 Å². The largest absolute Gasteiger partial charge is 0.356 e. The molecular weight excluding hydrogens is 278 g/mol. The van der Waals surface area contributed by atoms with Crippen LogP contribution in [0, 0.1) is 0 Å². The zero-order valence-corrected chi connectivity index (χ0v) is 12.4. The molecule has 0 saturated heterocycles. The van der Waals surface area contributed by atoms with Crippen molar-refractivity contribution in [2.75, 3.05) is 20.1 Å². The van der Waals surface area contributed by atoms with Crippen molar-refractivity contribution in [2.24, 2.45) is 5.14 Å². The van der Waals surface area contributed by atoms with E-state index in [9.17, 15) is 13.2 Å². The second-order valence-corrected chi connectivity index (χ2v) is 6.06. The number of nitrogens with one attached hydrogen (secondary N) is 2. The average Bonchev–Trinajstić information content (AvgIpc) is 2.38. The summed E-state index contributed by atoms with van der Waals surface area (Å²) < 4.78 is 22.2. The Morgan fingerprint density at radius 2 is 1.85 bits per heavy atom. The molecule has 4 N–H and O–H groups in total. The lowest BCUT2D eigenvalue weighted by molar-refractivity contribution is -0.121. The molecule has 112 valence electrons. The van der Waals surface area contributed by atoms with Gasteiger partial charge in [-0.05, 0) is 44.1 Å². The first kappa shape index (κ1) is 16.6. The first-order valence-electron chi connectivity index (χ1n) is 6.46. The van der Waals surface area contributed by atoms with Gasteiger partial charge < -0.3 is 10.6 Å². The number of amides is 1. The standard InChI is InChI=1S/C13H21N3O3S/c1-15-9-2-3-13(17)16-10-8-11-4-6-12(7-5-11)20(14,18)19/h4-7,15H,2-3,8-10H2,1H3,(H,16,17)(H2,14,18,19). The smallest absolute Gasteiger partial charge is 0.238 e. The second kappa shape index (κ2) is 7.98. The first-order valence-corrected chi connectivity index (χ1v) is 8.01. The fourth-order valence-electron chi connectivity index (χ4n) is 1.71. The van der Waals surface area contributed by atoms with Crippen molar-refractivity contribution in [2.45, 2.75) is 24.2 Å². The third kappa shape index (κ3) is 6.14. The highest BCUT2D eigenvalue weighted by Gasteiger charge is 2.06. The van der Waals surface area contributed by atoms with E-state index >= 15 is 0 Å². The second-order valence-electron chi connectivity index (χ2n) is 4.50. The molecule has 0 radical (unpaired) electrons. The number of carbonyl (C=O) groups is 1. The Labute approximate surface area is 119 Å². The van der Waals surface area contributed by atoms with Gasteiger partial charge in [0.25, 0.3) is 0 Å². The molecule has 1 aromatic rings. The molecule has 0 spiro atoms. The molecule has 7 heteroatoms. The van der Waals surface area contributed by atoms with Crippen LogP contribution in [0.1, 0.15) is 18.4 Å². The van der Waals surface area contributed by atoms with Gasteiger partial charge in [0.15, 0.2) is 0 Å². The van der Waals surface area contributed by atoms with Gasteiger partial charge in [-0.15, -0.1) is 0 Å². The molecule has 0 aromatic heterocycles. The van der Waals surface area contributed by atoms with E-state index in [1.165, 1.54) is 12.1 Å². The van der Waals surface area contributed by atoms with Gasteiger partial charge in [0.2, 0.25) is 15.9 Å². The number of rotatable bonds is 8. The molecule has 1 rings (SSSR count). The van der Waals surface area contributed by atoms with Gasteiger partial charge in [-0.2, -0.15) is 0 Å². The lowest BCUT2D eigenvalue weighted by Gasteiger charge is -2.06. The maximum Gasteiger partial charge on any atom is 0.238 e. The van der Waals surface area contributed by atoms with Gasteiger partial charge >= 0.3 is 0 Å². The molecule has 0 fully saturated rings. The molecule has 0 atom stereocenters. The molecular formula is C13H21N3O3S. The fraction of sp³-hybridized carbons (Fsp3) is 0.462. The minimum Gasteiger partial charge on any atom is -0.356 e. The summed E-state index contributed by atoms with van der Waals surface area (Å²) in [4.78, 5) is 11.6. The van der Waals surface area contributed by atoms with E-state index in [0.717, 1.165) is 18.5 Å². The lowest BCUT2D eigenvalue weighted by atomic mass is 10.1. The Kier molecular flexibility index (Phi) is 6.63. The monoisotopic (exact) mass is 299 g/mol. The van der Waals surface area contributed by atoms with Gasteiger partial charge in [0, 0.05) is 13.0 Å². The number of nitrogens with two attached hydrogens (primary N) is 1. The molecule has 6 nitrogen and oxygen atoms in total. The molecule has 0 aliphatic carbocycles. The molecule has 0 saturated carbocycles. The van der Waals surface area contributed by atoms with Crippen molar-refractivity contribution < 1.29 is 13.2 Å². The predicted molar refractivity (Wildman–Crippen MR) is 77.7 cm³/mol. The van der Waals surface area contributed by atoms with Crippen molar-refractivity contribution >= 4 is 15.9 Å². The van der Waals surface area contributed by atoms with Crippen LogP contribution in [0.4, 0.5) is 0 Å². The van der Waals surface area contributed by atoms with Crippen LogP contribution < -0.4 is 15.8 Å². The normalized spacial score (nSPS) is 11.3. The summed E-state index contributed by atoms with van der Waals surface area (Å²) >= 11 is 0. The van der Waals surface area contributed by atoms with Crippen molar-refractivity contribution in [3.63, 3.8) is 0 Å². The van der Waals surface area contributed by atoms with Gasteiger partial charge in [-0.25, -0.2) is 13.6 Å². The Bertz CT molecular complexity index is 526. The van der Waals surface area contributed by atoms with Crippen molar-refractivity contribution in [1.29, 1.82) is 0 Å². The van der Waals surface area contributed by atoms with Crippen LogP contribution in [-0.2, 0) is 21.2 Å². The van der Waals surface area contributed by atoms with Crippen LogP contribution in [0.3, 0.4) is 0 Å². The minimum atomic E-state index is -3.64. The summed E-state index contributed by atoms with van der Waals surface area (Å²) in [6.45, 7) is 1.36. The predicted octanol–water partition coefficient (Wildman–Crippen LogP) is -0.00770. The Morgan fingerprint density at radius 1 is 1.20 bits per heavy atom. The number of hydrogen-bond acceptors (Lipinski definition) is 4. The van der Waals surface area contributed by atoms with E-state index in [1.54, 1.807) is 12.1 Å². The third-order valence-corrected chi connectivity index (χ3v) is 3.75. The minimum absolute atomic E-state index is 0.0291. The molecule has 0 unspecified atom stereocenters. The molecule has 1 aromatic carbocycles. The van der Waals surface area contributed by atoms with Crippen LogP contribution in [0.5, 0.6) is 0 Å². The van der Waals surface area contributed by atoms with Crippen molar-refractivity contribution in [1.82, 2.24) is 10.6 Å². The Hall–Kier alpha value is -1.44. The summed E-state index contributed by atoms with van der Waals surface area (Å²) in [7, 11) is -1.79. The van der Waals surface area contributed by atoms with Gasteiger partial charge in [0.1, 0.15) is 0 Å². The molecule has 0 heterocycles. The number of sulfonamides is 1. The Morgan fingerprint density at radius 3 is 2.40 bits per heavy atom. The maximum absolute atomic E-state index is 11.5. The van der Waals surface area contributed by atoms with Crippen LogP contribution >= 0.6 is 0 Å². The number of primary sulfonamides is 1. The van der Waals surface area contributed by atoms with Crippen LogP contribution in [0.15, 0.2) is 29.2 Å². The highest BCUT2D eigenvalue weighted by atomic mass is 32.2. The maximum atomic E-state index is 11.5. The van der Waals surface area contributed by atoms with E-state index in [4.69, 9.17) is 5.14 Å².